The third kappa shape index (κ3) is 5.38. The first kappa shape index (κ1) is 28.5. The van der Waals surface area contributed by atoms with Gasteiger partial charge in [0.2, 0.25) is 0 Å². The minimum absolute atomic E-state index is 0.0621. The molecule has 5 nitrogen and oxygen atoms in total. The number of hydrogen-bond donors (Lipinski definition) is 0. The highest BCUT2D eigenvalue weighted by Crippen LogP contribution is 2.43. The lowest BCUT2D eigenvalue weighted by atomic mass is 9.83. The largest absolute Gasteiger partial charge is 0.496 e. The first-order valence-corrected chi connectivity index (χ1v) is 16.9. The molecule has 4 aromatic carbocycles. The van der Waals surface area contributed by atoms with Crippen LogP contribution in [0.15, 0.2) is 106 Å². The molecule has 0 N–H and O–H groups in total. The average Bonchev–Trinajstić information content (AvgIpc) is 3.34. The van der Waals surface area contributed by atoms with Crippen molar-refractivity contribution in [2.24, 2.45) is 4.99 Å². The number of hydrogen-bond acceptors (Lipinski definition) is 5. The molecule has 0 spiro atoms. The maximum absolute atomic E-state index is 14.4. The standard InChI is InChI=1S/C35H26I2N2O3S/c1-41-29-14-8-7-13-26(29)32-27-16-15-22-11-5-6-12-25(22)31(27)38-35-39(32)34(40)30(43-35)18-23-17-24(36)19-28(37)33(23)42-20-21-9-3-2-4-10-21/h2-14,17-19,32H,15-16,20H2,1H3/b30-18+/t32-/m0/s1. The normalized spacial score (nSPS) is 15.8. The van der Waals surface area contributed by atoms with E-state index in [0.717, 1.165) is 65.0 Å². The third-order valence-electron chi connectivity index (χ3n) is 7.86. The molecule has 8 heteroatoms. The quantitative estimate of drug-likeness (QED) is 0.172. The highest BCUT2D eigenvalue weighted by molar-refractivity contribution is 14.1. The van der Waals surface area contributed by atoms with Gasteiger partial charge in [-0.3, -0.25) is 9.36 Å². The summed E-state index contributed by atoms with van der Waals surface area (Å²) in [6, 6.07) is 30.4. The van der Waals surface area contributed by atoms with Gasteiger partial charge < -0.3 is 9.47 Å². The van der Waals surface area contributed by atoms with E-state index >= 15 is 0 Å². The molecule has 2 aliphatic rings. The van der Waals surface area contributed by atoms with Gasteiger partial charge in [0.05, 0.1) is 27.0 Å². The molecule has 0 fully saturated rings. The molecule has 0 unspecified atom stereocenters. The molecule has 7 rings (SSSR count). The molecule has 0 saturated heterocycles. The molecule has 1 atom stereocenters. The second-order valence-electron chi connectivity index (χ2n) is 10.4. The Morgan fingerprint density at radius 2 is 1.74 bits per heavy atom. The Labute approximate surface area is 280 Å². The van der Waals surface area contributed by atoms with E-state index in [4.69, 9.17) is 14.5 Å². The zero-order chi connectivity index (χ0) is 29.5. The molecule has 0 radical (unpaired) electrons. The van der Waals surface area contributed by atoms with E-state index in [-0.39, 0.29) is 11.6 Å². The molecular formula is C35H26I2N2O3S. The van der Waals surface area contributed by atoms with Gasteiger partial charge in [0, 0.05) is 20.3 Å². The summed E-state index contributed by atoms with van der Waals surface area (Å²) in [6.45, 7) is 0.444. The van der Waals surface area contributed by atoms with E-state index in [1.807, 2.05) is 47.0 Å². The van der Waals surface area contributed by atoms with E-state index in [1.54, 1.807) is 7.11 Å². The van der Waals surface area contributed by atoms with Crippen LogP contribution in [0.2, 0.25) is 0 Å². The molecule has 0 bridgehead atoms. The number of aromatic nitrogens is 1. The van der Waals surface area contributed by atoms with Crippen molar-refractivity contribution in [3.8, 4) is 11.5 Å². The molecule has 1 aliphatic carbocycles. The maximum Gasteiger partial charge on any atom is 0.271 e. The van der Waals surface area contributed by atoms with E-state index in [0.29, 0.717) is 15.9 Å². The van der Waals surface area contributed by atoms with Crippen LogP contribution in [0.1, 0.15) is 40.3 Å². The van der Waals surface area contributed by atoms with Gasteiger partial charge in [-0.1, -0.05) is 84.1 Å². The number of allylic oxidation sites excluding steroid dienone is 1. The summed E-state index contributed by atoms with van der Waals surface area (Å²) >= 11 is 6.06. The molecular weight excluding hydrogens is 782 g/mol. The predicted octanol–water partition coefficient (Wildman–Crippen LogP) is 7.12. The number of thiazole rings is 1. The summed E-state index contributed by atoms with van der Waals surface area (Å²) in [7, 11) is 1.68. The Bertz CT molecular complexity index is 2080. The van der Waals surface area contributed by atoms with Gasteiger partial charge in [-0.2, -0.15) is 0 Å². The van der Waals surface area contributed by atoms with Gasteiger partial charge in [0.15, 0.2) is 4.80 Å². The minimum Gasteiger partial charge on any atom is -0.496 e. The Balaban J connectivity index is 1.42. The first-order chi connectivity index (χ1) is 21.0. The number of ether oxygens (including phenoxy) is 2. The van der Waals surface area contributed by atoms with Crippen LogP contribution < -0.4 is 24.4 Å². The summed E-state index contributed by atoms with van der Waals surface area (Å²) in [5.74, 6) is 1.53. The molecule has 214 valence electrons. The molecule has 2 heterocycles. The van der Waals surface area contributed by atoms with Gasteiger partial charge >= 0.3 is 0 Å². The van der Waals surface area contributed by atoms with Crippen LogP contribution in [0.5, 0.6) is 11.5 Å². The molecule has 1 aliphatic heterocycles. The van der Waals surface area contributed by atoms with Crippen LogP contribution in [0, 0.1) is 7.14 Å². The van der Waals surface area contributed by atoms with Crippen LogP contribution >= 0.6 is 56.5 Å². The number of rotatable bonds is 6. The van der Waals surface area contributed by atoms with Crippen molar-refractivity contribution in [2.45, 2.75) is 25.5 Å². The Hall–Kier alpha value is -3.22. The highest BCUT2D eigenvalue weighted by atomic mass is 127. The van der Waals surface area contributed by atoms with Gasteiger partial charge in [0.1, 0.15) is 18.1 Å². The summed E-state index contributed by atoms with van der Waals surface area (Å²) < 4.78 is 16.7. The Kier molecular flexibility index (Phi) is 8.00. The number of halogens is 2. The Morgan fingerprint density at radius 3 is 2.58 bits per heavy atom. The fourth-order valence-corrected chi connectivity index (χ4v) is 8.94. The maximum atomic E-state index is 14.4. The summed E-state index contributed by atoms with van der Waals surface area (Å²) in [6.07, 6.45) is 3.70. The number of para-hydroxylation sites is 1. The summed E-state index contributed by atoms with van der Waals surface area (Å²) in [4.78, 5) is 20.2. The lowest BCUT2D eigenvalue weighted by Gasteiger charge is -2.31. The molecule has 43 heavy (non-hydrogen) atoms. The average molecular weight is 808 g/mol. The zero-order valence-electron chi connectivity index (χ0n) is 23.2. The van der Waals surface area contributed by atoms with Crippen LogP contribution in [0.4, 0.5) is 0 Å². The number of benzene rings is 4. The highest BCUT2D eigenvalue weighted by Gasteiger charge is 2.34. The van der Waals surface area contributed by atoms with Crippen molar-refractivity contribution in [1.82, 2.24) is 4.57 Å². The number of nitrogens with zero attached hydrogens (tertiary/aromatic N) is 2. The Morgan fingerprint density at radius 1 is 0.977 bits per heavy atom. The molecule has 5 aromatic rings. The van der Waals surface area contributed by atoms with Crippen LogP contribution in [0.25, 0.3) is 11.8 Å². The first-order valence-electron chi connectivity index (χ1n) is 13.9. The van der Waals surface area contributed by atoms with Gasteiger partial charge in [-0.15, -0.1) is 0 Å². The van der Waals surface area contributed by atoms with E-state index in [2.05, 4.69) is 99.8 Å². The molecule has 1 aromatic heterocycles. The van der Waals surface area contributed by atoms with Gasteiger partial charge in [-0.25, -0.2) is 4.99 Å². The lowest BCUT2D eigenvalue weighted by molar-refractivity contribution is 0.303. The molecule has 0 amide bonds. The number of aryl methyl sites for hydroxylation is 1. The van der Waals surface area contributed by atoms with E-state index < -0.39 is 0 Å². The minimum atomic E-state index is -0.303. The third-order valence-corrected chi connectivity index (χ3v) is 10.3. The smallest absolute Gasteiger partial charge is 0.271 e. The van der Waals surface area contributed by atoms with Crippen LogP contribution in [0.3, 0.4) is 0 Å². The summed E-state index contributed by atoms with van der Waals surface area (Å²) in [5.41, 5.74) is 7.43. The second-order valence-corrected chi connectivity index (χ2v) is 13.9. The topological polar surface area (TPSA) is 52.8 Å². The zero-order valence-corrected chi connectivity index (χ0v) is 28.4. The van der Waals surface area contributed by atoms with E-state index in [9.17, 15) is 4.79 Å². The fraction of sp³-hybridized carbons (Fsp3) is 0.143. The monoisotopic (exact) mass is 808 g/mol. The predicted molar refractivity (Wildman–Crippen MR) is 188 cm³/mol. The van der Waals surface area contributed by atoms with Crippen molar-refractivity contribution < 1.29 is 9.47 Å². The van der Waals surface area contributed by atoms with Crippen molar-refractivity contribution in [3.05, 3.63) is 151 Å². The summed E-state index contributed by atoms with van der Waals surface area (Å²) in [5, 5.41) is 0. The molecule has 0 saturated carbocycles. The SMILES string of the molecule is COc1ccccc1[C@H]1C2=C(N=c3s/c(=C/c4cc(I)cc(I)c4OCc4ccccc4)c(=O)n31)c1ccccc1CC2. The second kappa shape index (κ2) is 12.0. The van der Waals surface area contributed by atoms with Crippen molar-refractivity contribution >= 4 is 68.3 Å². The lowest BCUT2D eigenvalue weighted by Crippen LogP contribution is -2.39. The van der Waals surface area contributed by atoms with Crippen LogP contribution in [-0.2, 0) is 13.0 Å². The van der Waals surface area contributed by atoms with Crippen molar-refractivity contribution in [1.29, 1.82) is 0 Å². The van der Waals surface area contributed by atoms with Crippen molar-refractivity contribution in [3.63, 3.8) is 0 Å². The fourth-order valence-electron chi connectivity index (χ4n) is 5.90. The van der Waals surface area contributed by atoms with Gasteiger partial charge in [0.25, 0.3) is 5.56 Å². The van der Waals surface area contributed by atoms with Gasteiger partial charge in [-0.05, 0) is 99.0 Å². The van der Waals surface area contributed by atoms with Crippen molar-refractivity contribution in [2.75, 3.05) is 7.11 Å². The van der Waals surface area contributed by atoms with E-state index in [1.165, 1.54) is 16.9 Å². The number of fused-ring (bicyclic) bond motifs is 3. The number of methoxy groups -OCH3 is 1. The van der Waals surface area contributed by atoms with Crippen LogP contribution in [-0.4, -0.2) is 11.7 Å².